The highest BCUT2D eigenvalue weighted by Gasteiger charge is 2.52. The van der Waals surface area contributed by atoms with Gasteiger partial charge in [-0.05, 0) is 30.9 Å². The van der Waals surface area contributed by atoms with Crippen molar-refractivity contribution in [3.05, 3.63) is 11.5 Å². The molecule has 0 spiro atoms. The van der Waals surface area contributed by atoms with Crippen LogP contribution in [0.1, 0.15) is 30.3 Å². The predicted octanol–water partition coefficient (Wildman–Crippen LogP) is 1.86. The van der Waals surface area contributed by atoms with Gasteiger partial charge in [0.25, 0.3) is 5.91 Å². The Balaban J connectivity index is 2.26. The van der Waals surface area contributed by atoms with Gasteiger partial charge >= 0.3 is 0 Å². The topological polar surface area (TPSA) is 49.3 Å². The summed E-state index contributed by atoms with van der Waals surface area (Å²) in [6.07, 6.45) is 3.28. The molecule has 0 radical (unpaired) electrons. The van der Waals surface area contributed by atoms with Crippen LogP contribution in [0.15, 0.2) is 6.20 Å². The first-order chi connectivity index (χ1) is 9.81. The van der Waals surface area contributed by atoms with Crippen molar-refractivity contribution in [2.24, 2.45) is 0 Å². The molecule has 5 nitrogen and oxygen atoms in total. The summed E-state index contributed by atoms with van der Waals surface area (Å²) in [4.78, 5) is 23.7. The normalized spacial score (nSPS) is 29.4. The number of halogens is 1. The van der Waals surface area contributed by atoms with Gasteiger partial charge in [-0.3, -0.25) is 4.79 Å². The summed E-state index contributed by atoms with van der Waals surface area (Å²) < 4.78 is 23.1. The Labute approximate surface area is 115 Å². The Morgan fingerprint density at radius 2 is 2.50 bits per heavy atom. The number of likely N-dealkylation sites (N-methyl/N-ethyl adjacent to an activating group) is 1. The van der Waals surface area contributed by atoms with Crippen molar-refractivity contribution in [2.45, 2.75) is 31.7 Å². The summed E-state index contributed by atoms with van der Waals surface area (Å²) in [7, 11) is 0. The summed E-state index contributed by atoms with van der Waals surface area (Å²) in [5.74, 6) is 0.0333. The van der Waals surface area contributed by atoms with Crippen LogP contribution in [0.2, 0.25) is 5.28 Å². The number of anilines is 2. The summed E-state index contributed by atoms with van der Waals surface area (Å²) in [6, 6.07) is 0. The quantitative estimate of drug-likeness (QED) is 0.730. The average molecular weight is 270 g/mol. The lowest BCUT2D eigenvalue weighted by atomic mass is 9.89. The van der Waals surface area contributed by atoms with Gasteiger partial charge in [0.1, 0.15) is 11.2 Å². The third-order valence-corrected chi connectivity index (χ3v) is 4.07. The Hall–Kier alpha value is -1.36. The third-order valence-electron chi connectivity index (χ3n) is 3.89. The summed E-state index contributed by atoms with van der Waals surface area (Å²) in [5.41, 5.74) is -0.630. The maximum atomic E-state index is 12.9. The van der Waals surface area contributed by atoms with Crippen LogP contribution in [0.4, 0.5) is 11.5 Å². The van der Waals surface area contributed by atoms with Gasteiger partial charge in [-0.1, -0.05) is 6.92 Å². The number of fused-ring (bicyclic) bond motifs is 3. The largest absolute Gasteiger partial charge is 0.340 e. The van der Waals surface area contributed by atoms with Crippen LogP contribution in [-0.4, -0.2) is 34.9 Å². The van der Waals surface area contributed by atoms with E-state index in [1.165, 1.54) is 6.20 Å². The van der Waals surface area contributed by atoms with Crippen LogP contribution in [0.5, 0.6) is 0 Å². The number of nitrogens with zero attached hydrogens (tertiary/aromatic N) is 4. The van der Waals surface area contributed by atoms with Crippen LogP contribution >= 0.6 is 11.6 Å². The maximum absolute atomic E-state index is 12.9. The van der Waals surface area contributed by atoms with E-state index in [1.54, 1.807) is 0 Å². The Morgan fingerprint density at radius 1 is 1.67 bits per heavy atom. The first-order valence-electron chi connectivity index (χ1n) is 7.46. The molecule has 96 valence electrons. The molecule has 1 amide bonds. The molecule has 3 heterocycles. The molecule has 2 aliphatic rings. The molecule has 0 bridgehead atoms. The van der Waals surface area contributed by atoms with Crippen LogP contribution in [-0.2, 0) is 4.79 Å². The predicted molar refractivity (Wildman–Crippen MR) is 70.1 cm³/mol. The second-order valence-corrected chi connectivity index (χ2v) is 4.97. The van der Waals surface area contributed by atoms with E-state index in [4.69, 9.17) is 15.7 Å². The monoisotopic (exact) mass is 269 g/mol. The van der Waals surface area contributed by atoms with Crippen molar-refractivity contribution in [1.82, 2.24) is 9.97 Å². The van der Waals surface area contributed by atoms with Gasteiger partial charge in [-0.15, -0.1) is 0 Å². The van der Waals surface area contributed by atoms with Gasteiger partial charge in [-0.25, -0.2) is 4.98 Å². The number of amides is 1. The fourth-order valence-corrected chi connectivity index (χ4v) is 3.08. The highest BCUT2D eigenvalue weighted by Crippen LogP contribution is 2.45. The molecule has 0 saturated carbocycles. The third kappa shape index (κ3) is 1.31. The minimum atomic E-state index is -2.57. The van der Waals surface area contributed by atoms with Gasteiger partial charge in [0, 0.05) is 17.6 Å². The molecular formula is C12H15ClN4O. The molecule has 0 N–H and O–H groups in total. The molecule has 0 unspecified atom stereocenters. The highest BCUT2D eigenvalue weighted by atomic mass is 35.5. The Kier molecular flexibility index (Phi) is 1.84. The Bertz CT molecular complexity index is 609. The maximum Gasteiger partial charge on any atom is 0.252 e. The molecule has 1 aromatic rings. The van der Waals surface area contributed by atoms with Gasteiger partial charge < -0.3 is 9.80 Å². The molecule has 1 fully saturated rings. The smallest absolute Gasteiger partial charge is 0.252 e. The van der Waals surface area contributed by atoms with E-state index in [-0.39, 0.29) is 11.0 Å². The molecule has 18 heavy (non-hydrogen) atoms. The molecule has 0 aromatic carbocycles. The van der Waals surface area contributed by atoms with E-state index in [9.17, 15) is 4.79 Å². The van der Waals surface area contributed by atoms with E-state index >= 15 is 0 Å². The lowest BCUT2D eigenvalue weighted by molar-refractivity contribution is -0.123. The lowest BCUT2D eigenvalue weighted by Gasteiger charge is -2.45. The second kappa shape index (κ2) is 3.82. The minimum Gasteiger partial charge on any atom is -0.340 e. The van der Waals surface area contributed by atoms with E-state index < -0.39 is 18.4 Å². The number of aromatic nitrogens is 2. The van der Waals surface area contributed by atoms with E-state index in [0.29, 0.717) is 25.2 Å². The average Bonchev–Trinajstić information content (AvgIpc) is 2.84. The number of carbonyl (C=O) groups is 1. The molecule has 1 aromatic heterocycles. The van der Waals surface area contributed by atoms with Crippen molar-refractivity contribution < 1.29 is 8.91 Å². The van der Waals surface area contributed by atoms with Crippen molar-refractivity contribution in [3.8, 4) is 0 Å². The number of carbonyl (C=O) groups excluding carboxylic acids is 1. The standard InChI is InChI=1S/C12H15ClN4O/c1-3-12-5-4-6-17(12)9-8(16(2)10(12)18)7-14-11(13)15-9/h7H,3-6H2,1-2H3/t12-/m0/s1/i2D3. The van der Waals surface area contributed by atoms with E-state index in [0.717, 1.165) is 11.3 Å². The molecule has 6 heteroatoms. The molecule has 1 saturated heterocycles. The molecular weight excluding hydrogens is 252 g/mol. The number of rotatable bonds is 1. The minimum absolute atomic E-state index is 0.0468. The summed E-state index contributed by atoms with van der Waals surface area (Å²) in [5, 5.41) is 0.0468. The van der Waals surface area contributed by atoms with Crippen LogP contribution in [0.25, 0.3) is 0 Å². The first kappa shape index (κ1) is 8.69. The highest BCUT2D eigenvalue weighted by molar-refractivity contribution is 6.28. The van der Waals surface area contributed by atoms with Crippen LogP contribution in [0.3, 0.4) is 0 Å². The zero-order chi connectivity index (χ0) is 15.4. The number of hydrogen-bond donors (Lipinski definition) is 0. The molecule has 2 aliphatic heterocycles. The van der Waals surface area contributed by atoms with Crippen molar-refractivity contribution in [2.75, 3.05) is 23.3 Å². The van der Waals surface area contributed by atoms with Gasteiger partial charge in [0.05, 0.1) is 6.20 Å². The zero-order valence-corrected chi connectivity index (χ0v) is 10.7. The first-order valence-corrected chi connectivity index (χ1v) is 6.34. The lowest BCUT2D eigenvalue weighted by Crippen LogP contribution is -2.59. The van der Waals surface area contributed by atoms with Crippen molar-refractivity contribution >= 4 is 29.0 Å². The van der Waals surface area contributed by atoms with Crippen LogP contribution in [0, 0.1) is 0 Å². The fraction of sp³-hybridized carbons (Fsp3) is 0.583. The van der Waals surface area contributed by atoms with Gasteiger partial charge in [-0.2, -0.15) is 4.98 Å². The number of hydrogen-bond acceptors (Lipinski definition) is 4. The zero-order valence-electron chi connectivity index (χ0n) is 13.0. The van der Waals surface area contributed by atoms with Gasteiger partial charge in [0.15, 0.2) is 5.82 Å². The second-order valence-electron chi connectivity index (χ2n) is 4.63. The van der Waals surface area contributed by atoms with E-state index in [2.05, 4.69) is 9.97 Å². The van der Waals surface area contributed by atoms with Gasteiger partial charge in [0.2, 0.25) is 5.28 Å². The summed E-state index contributed by atoms with van der Waals surface area (Å²) >= 11 is 5.86. The SMILES string of the molecule is [2H]C([2H])([2H])N1C(=O)[C@]2(CC)CCCN2c2nc(Cl)ncc21. The fourth-order valence-electron chi connectivity index (χ4n) is 2.95. The van der Waals surface area contributed by atoms with Crippen molar-refractivity contribution in [3.63, 3.8) is 0 Å². The Morgan fingerprint density at radius 3 is 3.22 bits per heavy atom. The van der Waals surface area contributed by atoms with Crippen LogP contribution < -0.4 is 9.80 Å². The molecule has 0 aliphatic carbocycles. The molecule has 1 atom stereocenters. The van der Waals surface area contributed by atoms with E-state index in [1.807, 2.05) is 11.8 Å². The summed E-state index contributed by atoms with van der Waals surface area (Å²) in [6.45, 7) is -0.0175. The molecule has 3 rings (SSSR count). The van der Waals surface area contributed by atoms with Crippen molar-refractivity contribution in [1.29, 1.82) is 0 Å².